The fourth-order valence-electron chi connectivity index (χ4n) is 1.72. The predicted molar refractivity (Wildman–Crippen MR) is 62.5 cm³/mol. The minimum Gasteiger partial charge on any atom is -0.481 e. The van der Waals surface area contributed by atoms with E-state index in [-0.39, 0.29) is 12.2 Å². The van der Waals surface area contributed by atoms with Gasteiger partial charge in [0.1, 0.15) is 11.7 Å². The summed E-state index contributed by atoms with van der Waals surface area (Å²) in [6.45, 7) is 0. The summed E-state index contributed by atoms with van der Waals surface area (Å²) in [6, 6.07) is 9.12. The lowest BCUT2D eigenvalue weighted by Gasteiger charge is -2.11. The first-order valence-electron chi connectivity index (χ1n) is 5.41. The Labute approximate surface area is 103 Å². The van der Waals surface area contributed by atoms with Crippen molar-refractivity contribution in [3.05, 3.63) is 59.7 Å². The molecular formula is C13H11FN2O2. The van der Waals surface area contributed by atoms with Gasteiger partial charge < -0.3 is 5.11 Å². The summed E-state index contributed by atoms with van der Waals surface area (Å²) >= 11 is 0. The summed E-state index contributed by atoms with van der Waals surface area (Å²) in [5, 5.41) is 16.6. The molecule has 1 atom stereocenters. The van der Waals surface area contributed by atoms with Gasteiger partial charge in [-0.25, -0.2) is 4.39 Å². The van der Waals surface area contributed by atoms with Crippen LogP contribution in [0.4, 0.5) is 4.39 Å². The van der Waals surface area contributed by atoms with Crippen molar-refractivity contribution < 1.29 is 14.3 Å². The SMILES string of the molecule is O=C(O)C(Cc1cccc(F)c1)c1cccnn1. The molecule has 0 bridgehead atoms. The van der Waals surface area contributed by atoms with E-state index in [4.69, 9.17) is 0 Å². The van der Waals surface area contributed by atoms with Crippen LogP contribution >= 0.6 is 0 Å². The Morgan fingerprint density at radius 3 is 2.78 bits per heavy atom. The first-order chi connectivity index (χ1) is 8.66. The number of benzene rings is 1. The van der Waals surface area contributed by atoms with Crippen molar-refractivity contribution in [3.8, 4) is 0 Å². The first-order valence-corrected chi connectivity index (χ1v) is 5.41. The van der Waals surface area contributed by atoms with Gasteiger partial charge in [0.2, 0.25) is 0 Å². The summed E-state index contributed by atoms with van der Waals surface area (Å²) in [4.78, 5) is 11.2. The van der Waals surface area contributed by atoms with Gasteiger partial charge in [-0.3, -0.25) is 4.79 Å². The van der Waals surface area contributed by atoms with E-state index in [0.29, 0.717) is 11.3 Å². The molecule has 0 aliphatic heterocycles. The Balaban J connectivity index is 2.25. The summed E-state index contributed by atoms with van der Waals surface area (Å²) in [5.41, 5.74) is 0.988. The number of aliphatic carboxylic acids is 1. The molecule has 0 spiro atoms. The van der Waals surface area contributed by atoms with Gasteiger partial charge in [0.25, 0.3) is 0 Å². The van der Waals surface area contributed by atoms with Crippen molar-refractivity contribution in [1.82, 2.24) is 10.2 Å². The van der Waals surface area contributed by atoms with E-state index >= 15 is 0 Å². The maximum atomic E-state index is 13.0. The summed E-state index contributed by atoms with van der Waals surface area (Å²) in [6.07, 6.45) is 1.66. The fraction of sp³-hybridized carbons (Fsp3) is 0.154. The number of carboxylic acid groups (broad SMARTS) is 1. The van der Waals surface area contributed by atoms with E-state index in [1.807, 2.05) is 0 Å². The molecule has 18 heavy (non-hydrogen) atoms. The van der Waals surface area contributed by atoms with Gasteiger partial charge >= 0.3 is 5.97 Å². The molecule has 0 saturated carbocycles. The number of carbonyl (C=O) groups is 1. The number of rotatable bonds is 4. The molecule has 1 aromatic carbocycles. The van der Waals surface area contributed by atoms with Crippen LogP contribution in [0.1, 0.15) is 17.2 Å². The van der Waals surface area contributed by atoms with E-state index < -0.39 is 11.9 Å². The highest BCUT2D eigenvalue weighted by molar-refractivity contribution is 5.75. The van der Waals surface area contributed by atoms with Crippen LogP contribution in [0.2, 0.25) is 0 Å². The number of nitrogens with zero attached hydrogens (tertiary/aromatic N) is 2. The lowest BCUT2D eigenvalue weighted by molar-refractivity contribution is -0.138. The molecule has 1 unspecified atom stereocenters. The highest BCUT2D eigenvalue weighted by atomic mass is 19.1. The average molecular weight is 246 g/mol. The molecule has 4 nitrogen and oxygen atoms in total. The van der Waals surface area contributed by atoms with Crippen LogP contribution in [0.5, 0.6) is 0 Å². The number of aromatic nitrogens is 2. The Hall–Kier alpha value is -2.30. The lowest BCUT2D eigenvalue weighted by atomic mass is 9.96. The third-order valence-corrected chi connectivity index (χ3v) is 2.58. The topological polar surface area (TPSA) is 63.1 Å². The zero-order chi connectivity index (χ0) is 13.0. The van der Waals surface area contributed by atoms with Crippen molar-refractivity contribution in [3.63, 3.8) is 0 Å². The summed E-state index contributed by atoms with van der Waals surface area (Å²) in [5.74, 6) is -2.20. The molecule has 1 aromatic heterocycles. The zero-order valence-electron chi connectivity index (χ0n) is 9.45. The second-order valence-electron chi connectivity index (χ2n) is 3.87. The van der Waals surface area contributed by atoms with Gasteiger partial charge in [0, 0.05) is 6.20 Å². The highest BCUT2D eigenvalue weighted by Crippen LogP contribution is 2.19. The van der Waals surface area contributed by atoms with Gasteiger partial charge in [0.15, 0.2) is 0 Å². The van der Waals surface area contributed by atoms with Gasteiger partial charge in [-0.2, -0.15) is 10.2 Å². The Morgan fingerprint density at radius 2 is 2.17 bits per heavy atom. The number of hydrogen-bond donors (Lipinski definition) is 1. The van der Waals surface area contributed by atoms with Crippen molar-refractivity contribution in [2.75, 3.05) is 0 Å². The molecule has 0 saturated heterocycles. The third-order valence-electron chi connectivity index (χ3n) is 2.58. The van der Waals surface area contributed by atoms with Crippen LogP contribution in [0.25, 0.3) is 0 Å². The second-order valence-corrected chi connectivity index (χ2v) is 3.87. The van der Waals surface area contributed by atoms with Crippen molar-refractivity contribution >= 4 is 5.97 Å². The largest absolute Gasteiger partial charge is 0.481 e. The van der Waals surface area contributed by atoms with E-state index in [0.717, 1.165) is 0 Å². The molecule has 1 N–H and O–H groups in total. The van der Waals surface area contributed by atoms with Crippen LogP contribution in [-0.2, 0) is 11.2 Å². The van der Waals surface area contributed by atoms with Crippen molar-refractivity contribution in [2.45, 2.75) is 12.3 Å². The van der Waals surface area contributed by atoms with Crippen LogP contribution in [-0.4, -0.2) is 21.3 Å². The van der Waals surface area contributed by atoms with Crippen molar-refractivity contribution in [2.24, 2.45) is 0 Å². The van der Waals surface area contributed by atoms with Gasteiger partial charge in [0.05, 0.1) is 5.69 Å². The molecule has 92 valence electrons. The van der Waals surface area contributed by atoms with Crippen LogP contribution < -0.4 is 0 Å². The van der Waals surface area contributed by atoms with Crippen LogP contribution in [0.3, 0.4) is 0 Å². The molecule has 1 heterocycles. The second kappa shape index (κ2) is 5.35. The zero-order valence-corrected chi connectivity index (χ0v) is 9.45. The minimum atomic E-state index is -1.00. The molecule has 0 amide bonds. The van der Waals surface area contributed by atoms with Crippen molar-refractivity contribution in [1.29, 1.82) is 0 Å². The molecule has 2 rings (SSSR count). The molecule has 0 radical (unpaired) electrons. The molecular weight excluding hydrogens is 235 g/mol. The highest BCUT2D eigenvalue weighted by Gasteiger charge is 2.22. The number of hydrogen-bond acceptors (Lipinski definition) is 3. The number of halogens is 1. The van der Waals surface area contributed by atoms with Crippen LogP contribution in [0.15, 0.2) is 42.6 Å². The Kier molecular flexibility index (Phi) is 3.62. The van der Waals surface area contributed by atoms with Gasteiger partial charge in [-0.15, -0.1) is 0 Å². The molecule has 0 fully saturated rings. The fourth-order valence-corrected chi connectivity index (χ4v) is 1.72. The normalized spacial score (nSPS) is 12.1. The van der Waals surface area contributed by atoms with E-state index in [9.17, 15) is 14.3 Å². The molecule has 2 aromatic rings. The molecule has 5 heteroatoms. The predicted octanol–water partition coefficient (Wildman–Crippen LogP) is 2.03. The summed E-state index contributed by atoms with van der Waals surface area (Å²) in [7, 11) is 0. The molecule has 0 aliphatic rings. The Morgan fingerprint density at radius 1 is 1.33 bits per heavy atom. The van der Waals surface area contributed by atoms with E-state index in [1.54, 1.807) is 24.3 Å². The summed E-state index contributed by atoms with van der Waals surface area (Å²) < 4.78 is 13.0. The van der Waals surface area contributed by atoms with Crippen LogP contribution in [0, 0.1) is 5.82 Å². The van der Waals surface area contributed by atoms with E-state index in [1.165, 1.54) is 18.3 Å². The smallest absolute Gasteiger partial charge is 0.313 e. The van der Waals surface area contributed by atoms with E-state index in [2.05, 4.69) is 10.2 Å². The monoisotopic (exact) mass is 246 g/mol. The Bertz CT molecular complexity index is 546. The van der Waals surface area contributed by atoms with Gasteiger partial charge in [-0.1, -0.05) is 12.1 Å². The minimum absolute atomic E-state index is 0.186. The third kappa shape index (κ3) is 2.88. The quantitative estimate of drug-likeness (QED) is 0.896. The lowest BCUT2D eigenvalue weighted by Crippen LogP contribution is -2.16. The maximum absolute atomic E-state index is 13.0. The maximum Gasteiger partial charge on any atom is 0.313 e. The number of carboxylic acids is 1. The average Bonchev–Trinajstić information content (AvgIpc) is 2.37. The standard InChI is InChI=1S/C13H11FN2O2/c14-10-4-1-3-9(7-10)8-11(13(17)18)12-5-2-6-15-16-12/h1-7,11H,8H2,(H,17,18). The van der Waals surface area contributed by atoms with Gasteiger partial charge in [-0.05, 0) is 36.2 Å². The first kappa shape index (κ1) is 12.2. The molecule has 0 aliphatic carbocycles.